The van der Waals surface area contributed by atoms with E-state index in [2.05, 4.69) is 12.2 Å². The molecule has 2 fully saturated rings. The molecule has 0 aromatic rings. The highest BCUT2D eigenvalue weighted by Gasteiger charge is 2.48. The first-order chi connectivity index (χ1) is 5.45. The maximum atomic E-state index is 5.56. The van der Waals surface area contributed by atoms with Crippen molar-refractivity contribution in [2.45, 2.75) is 37.9 Å². The molecule has 0 aromatic heterocycles. The van der Waals surface area contributed by atoms with E-state index < -0.39 is 0 Å². The summed E-state index contributed by atoms with van der Waals surface area (Å²) in [5.74, 6) is 1.76. The van der Waals surface area contributed by atoms with Crippen molar-refractivity contribution >= 4 is 0 Å². The molecular weight excluding hydrogens is 136 g/mol. The van der Waals surface area contributed by atoms with Crippen molar-refractivity contribution in [2.75, 3.05) is 0 Å². The molecule has 0 bridgehead atoms. The Morgan fingerprint density at radius 1 is 1.09 bits per heavy atom. The zero-order chi connectivity index (χ0) is 7.26. The van der Waals surface area contributed by atoms with Crippen molar-refractivity contribution in [3.05, 3.63) is 12.2 Å². The summed E-state index contributed by atoms with van der Waals surface area (Å²) in [6, 6.07) is 0. The summed E-state index contributed by atoms with van der Waals surface area (Å²) >= 11 is 0. The van der Waals surface area contributed by atoms with E-state index in [0.717, 1.165) is 11.8 Å². The smallest absolute Gasteiger partial charge is 0.103 e. The molecule has 0 amide bonds. The van der Waals surface area contributed by atoms with Crippen LogP contribution in [0.5, 0.6) is 0 Å². The maximum Gasteiger partial charge on any atom is 0.103 e. The third-order valence-electron chi connectivity index (χ3n) is 3.41. The molecule has 0 aromatic carbocycles. The fraction of sp³-hybridized carbons (Fsp3) is 0.800. The first kappa shape index (κ1) is 6.24. The number of allylic oxidation sites excluding steroid dienone is 1. The van der Waals surface area contributed by atoms with Crippen molar-refractivity contribution in [3.63, 3.8) is 0 Å². The van der Waals surface area contributed by atoms with Gasteiger partial charge in [0.2, 0.25) is 0 Å². The Bertz CT molecular complexity index is 197. The van der Waals surface area contributed by atoms with E-state index >= 15 is 0 Å². The first-order valence-electron chi connectivity index (χ1n) is 4.79. The lowest BCUT2D eigenvalue weighted by molar-refractivity contribution is 0.220. The summed E-state index contributed by atoms with van der Waals surface area (Å²) in [6.07, 6.45) is 11.5. The third-order valence-corrected chi connectivity index (χ3v) is 3.41. The highest BCUT2D eigenvalue weighted by atomic mass is 16.6. The van der Waals surface area contributed by atoms with Crippen LogP contribution in [0.15, 0.2) is 12.2 Å². The van der Waals surface area contributed by atoms with Crippen LogP contribution >= 0.6 is 0 Å². The normalized spacial score (nSPS) is 53.1. The van der Waals surface area contributed by atoms with Gasteiger partial charge in [0.05, 0.1) is 6.10 Å². The fourth-order valence-corrected chi connectivity index (χ4v) is 2.72. The maximum absolute atomic E-state index is 5.56. The first-order valence-corrected chi connectivity index (χ1v) is 4.79. The van der Waals surface area contributed by atoms with Gasteiger partial charge in [0, 0.05) is 0 Å². The molecule has 4 unspecified atom stereocenters. The average Bonchev–Trinajstić information content (AvgIpc) is 2.83. The number of hydrogen-bond donors (Lipinski definition) is 0. The Balaban J connectivity index is 1.85. The quantitative estimate of drug-likeness (QED) is 0.380. The molecule has 1 aliphatic heterocycles. The van der Waals surface area contributed by atoms with E-state index in [1.807, 2.05) is 0 Å². The molecule has 60 valence electrons. The van der Waals surface area contributed by atoms with Gasteiger partial charge in [-0.05, 0) is 24.7 Å². The van der Waals surface area contributed by atoms with E-state index in [1.54, 1.807) is 0 Å². The Morgan fingerprint density at radius 2 is 2.00 bits per heavy atom. The zero-order valence-corrected chi connectivity index (χ0v) is 6.70. The Kier molecular flexibility index (Phi) is 1.19. The van der Waals surface area contributed by atoms with Gasteiger partial charge in [-0.1, -0.05) is 25.0 Å². The van der Waals surface area contributed by atoms with E-state index in [4.69, 9.17) is 4.74 Å². The van der Waals surface area contributed by atoms with Gasteiger partial charge in [-0.2, -0.15) is 0 Å². The summed E-state index contributed by atoms with van der Waals surface area (Å²) in [4.78, 5) is 0. The Morgan fingerprint density at radius 3 is 3.00 bits per heavy atom. The lowest BCUT2D eigenvalue weighted by Crippen LogP contribution is -2.26. The van der Waals surface area contributed by atoms with Crippen LogP contribution in [0.3, 0.4) is 0 Å². The largest absolute Gasteiger partial charge is 0.365 e. The predicted molar refractivity (Wildman–Crippen MR) is 43.2 cm³/mol. The second-order valence-corrected chi connectivity index (χ2v) is 4.06. The topological polar surface area (TPSA) is 12.5 Å². The number of ether oxygens (including phenoxy) is 1. The second-order valence-electron chi connectivity index (χ2n) is 4.06. The Hall–Kier alpha value is -0.300. The standard InChI is InChI=1S/C10H14O/c1-2-4-8-7(3-1)5-6-9-10(8)11-9/h5-10H,1-4H2. The minimum atomic E-state index is 0.523. The molecule has 11 heavy (non-hydrogen) atoms. The minimum absolute atomic E-state index is 0.523. The average molecular weight is 150 g/mol. The molecule has 4 atom stereocenters. The summed E-state index contributed by atoms with van der Waals surface area (Å²) in [6.45, 7) is 0. The van der Waals surface area contributed by atoms with Crippen molar-refractivity contribution in [1.82, 2.24) is 0 Å². The molecule has 3 aliphatic rings. The van der Waals surface area contributed by atoms with Crippen LogP contribution in [0.2, 0.25) is 0 Å². The summed E-state index contributed by atoms with van der Waals surface area (Å²) in [5.41, 5.74) is 0. The van der Waals surface area contributed by atoms with Gasteiger partial charge in [0.1, 0.15) is 6.10 Å². The van der Waals surface area contributed by atoms with Crippen molar-refractivity contribution in [3.8, 4) is 0 Å². The summed E-state index contributed by atoms with van der Waals surface area (Å²) < 4.78 is 5.56. The molecule has 1 heteroatoms. The highest BCUT2D eigenvalue weighted by Crippen LogP contribution is 2.46. The molecule has 0 radical (unpaired) electrons. The molecule has 3 rings (SSSR count). The third kappa shape index (κ3) is 0.871. The molecule has 0 spiro atoms. The van der Waals surface area contributed by atoms with Crippen LogP contribution < -0.4 is 0 Å². The summed E-state index contributed by atoms with van der Waals surface area (Å²) in [5, 5.41) is 0. The lowest BCUT2D eigenvalue weighted by Gasteiger charge is -2.29. The fourth-order valence-electron chi connectivity index (χ4n) is 2.72. The number of epoxide rings is 1. The number of fused-ring (bicyclic) bond motifs is 3. The van der Waals surface area contributed by atoms with Crippen molar-refractivity contribution in [1.29, 1.82) is 0 Å². The van der Waals surface area contributed by atoms with Crippen LogP contribution in [0.4, 0.5) is 0 Å². The number of rotatable bonds is 0. The van der Waals surface area contributed by atoms with Crippen molar-refractivity contribution < 1.29 is 4.74 Å². The molecule has 2 aliphatic carbocycles. The van der Waals surface area contributed by atoms with Gasteiger partial charge in [0.15, 0.2) is 0 Å². The highest BCUT2D eigenvalue weighted by molar-refractivity contribution is 5.14. The van der Waals surface area contributed by atoms with E-state index in [9.17, 15) is 0 Å². The van der Waals surface area contributed by atoms with Crippen LogP contribution in [0, 0.1) is 11.8 Å². The second kappa shape index (κ2) is 2.10. The van der Waals surface area contributed by atoms with Gasteiger partial charge < -0.3 is 4.74 Å². The van der Waals surface area contributed by atoms with Crippen LogP contribution in [0.25, 0.3) is 0 Å². The number of hydrogen-bond acceptors (Lipinski definition) is 1. The minimum Gasteiger partial charge on any atom is -0.365 e. The van der Waals surface area contributed by atoms with Crippen LogP contribution in [0.1, 0.15) is 25.7 Å². The van der Waals surface area contributed by atoms with E-state index in [-0.39, 0.29) is 0 Å². The molecule has 1 nitrogen and oxygen atoms in total. The van der Waals surface area contributed by atoms with E-state index in [0.29, 0.717) is 12.2 Å². The zero-order valence-electron chi connectivity index (χ0n) is 6.70. The van der Waals surface area contributed by atoms with Gasteiger partial charge in [-0.15, -0.1) is 0 Å². The molecule has 1 saturated carbocycles. The monoisotopic (exact) mass is 150 g/mol. The predicted octanol–water partition coefficient (Wildman–Crippen LogP) is 2.13. The lowest BCUT2D eigenvalue weighted by atomic mass is 9.74. The molecule has 1 saturated heterocycles. The van der Waals surface area contributed by atoms with Gasteiger partial charge in [-0.3, -0.25) is 0 Å². The Labute approximate surface area is 67.4 Å². The SMILES string of the molecule is C1=CC2OC2C2CCCCC12. The van der Waals surface area contributed by atoms with Gasteiger partial charge in [-0.25, -0.2) is 0 Å². The molecule has 1 heterocycles. The summed E-state index contributed by atoms with van der Waals surface area (Å²) in [7, 11) is 0. The van der Waals surface area contributed by atoms with Gasteiger partial charge in [0.25, 0.3) is 0 Å². The molecule has 0 N–H and O–H groups in total. The van der Waals surface area contributed by atoms with E-state index in [1.165, 1.54) is 25.7 Å². The van der Waals surface area contributed by atoms with Gasteiger partial charge >= 0.3 is 0 Å². The van der Waals surface area contributed by atoms with Crippen LogP contribution in [-0.2, 0) is 4.74 Å². The van der Waals surface area contributed by atoms with Crippen LogP contribution in [-0.4, -0.2) is 12.2 Å². The molecular formula is C10H14O. The van der Waals surface area contributed by atoms with Crippen molar-refractivity contribution in [2.24, 2.45) is 11.8 Å².